The van der Waals surface area contributed by atoms with Gasteiger partial charge in [0.2, 0.25) is 5.91 Å². The van der Waals surface area contributed by atoms with E-state index in [-0.39, 0.29) is 6.54 Å². The molecule has 2 rings (SSSR count). The number of amides is 2. The van der Waals surface area contributed by atoms with Crippen LogP contribution < -0.4 is 10.6 Å². The third kappa shape index (κ3) is 3.43. The second-order valence-electron chi connectivity index (χ2n) is 5.43. The van der Waals surface area contributed by atoms with Crippen molar-refractivity contribution in [1.29, 1.82) is 0 Å². The molecular formula is C15H17N3O4. The molecule has 0 spiro atoms. The zero-order valence-corrected chi connectivity index (χ0v) is 12.3. The molecular weight excluding hydrogens is 286 g/mol. The van der Waals surface area contributed by atoms with Crippen LogP contribution in [-0.2, 0) is 9.59 Å². The SMILES string of the molecule is CC(C)(NC(=O)CNC(=O)c1cc2ccccc2[nH]1)C(=O)O. The Hall–Kier alpha value is -2.83. The van der Waals surface area contributed by atoms with Gasteiger partial charge in [-0.2, -0.15) is 0 Å². The van der Waals surface area contributed by atoms with Gasteiger partial charge < -0.3 is 20.7 Å². The van der Waals surface area contributed by atoms with Gasteiger partial charge in [-0.15, -0.1) is 0 Å². The van der Waals surface area contributed by atoms with Crippen molar-refractivity contribution in [3.63, 3.8) is 0 Å². The predicted octanol–water partition coefficient (Wildman–Crippen LogP) is 0.877. The monoisotopic (exact) mass is 303 g/mol. The zero-order chi connectivity index (χ0) is 16.3. The molecule has 0 bridgehead atoms. The van der Waals surface area contributed by atoms with Gasteiger partial charge in [-0.1, -0.05) is 18.2 Å². The number of carbonyl (C=O) groups is 3. The van der Waals surface area contributed by atoms with Crippen LogP contribution in [0.3, 0.4) is 0 Å². The minimum absolute atomic E-state index is 0.301. The molecule has 0 fully saturated rings. The second-order valence-corrected chi connectivity index (χ2v) is 5.43. The highest BCUT2D eigenvalue weighted by Crippen LogP contribution is 2.14. The molecule has 1 aromatic carbocycles. The summed E-state index contributed by atoms with van der Waals surface area (Å²) < 4.78 is 0. The molecule has 0 radical (unpaired) electrons. The van der Waals surface area contributed by atoms with Gasteiger partial charge in [0.1, 0.15) is 11.2 Å². The summed E-state index contributed by atoms with van der Waals surface area (Å²) in [4.78, 5) is 37.5. The fourth-order valence-corrected chi connectivity index (χ4v) is 1.90. The first-order valence-electron chi connectivity index (χ1n) is 6.70. The average molecular weight is 303 g/mol. The lowest BCUT2D eigenvalue weighted by Crippen LogP contribution is -2.52. The molecule has 116 valence electrons. The minimum Gasteiger partial charge on any atom is -0.480 e. The summed E-state index contributed by atoms with van der Waals surface area (Å²) >= 11 is 0. The van der Waals surface area contributed by atoms with Gasteiger partial charge in [-0.05, 0) is 26.0 Å². The fourth-order valence-electron chi connectivity index (χ4n) is 1.90. The van der Waals surface area contributed by atoms with Crippen molar-refractivity contribution in [2.24, 2.45) is 0 Å². The number of benzene rings is 1. The van der Waals surface area contributed by atoms with E-state index in [9.17, 15) is 14.4 Å². The average Bonchev–Trinajstić information content (AvgIpc) is 2.88. The molecule has 1 heterocycles. The highest BCUT2D eigenvalue weighted by atomic mass is 16.4. The first-order chi connectivity index (χ1) is 10.3. The summed E-state index contributed by atoms with van der Waals surface area (Å²) in [5, 5.41) is 14.6. The number of carbonyl (C=O) groups excluding carboxylic acids is 2. The number of carboxylic acids is 1. The molecule has 2 amide bonds. The van der Waals surface area contributed by atoms with Crippen molar-refractivity contribution in [2.45, 2.75) is 19.4 Å². The summed E-state index contributed by atoms with van der Waals surface area (Å²) in [6, 6.07) is 9.10. The number of carboxylic acid groups (broad SMARTS) is 1. The Morgan fingerprint density at radius 3 is 2.55 bits per heavy atom. The molecule has 0 unspecified atom stereocenters. The smallest absolute Gasteiger partial charge is 0.328 e. The van der Waals surface area contributed by atoms with Gasteiger partial charge in [0.25, 0.3) is 5.91 Å². The summed E-state index contributed by atoms with van der Waals surface area (Å²) in [5.41, 5.74) is -0.223. The second kappa shape index (κ2) is 5.88. The molecule has 22 heavy (non-hydrogen) atoms. The maximum absolute atomic E-state index is 12.0. The summed E-state index contributed by atoms with van der Waals surface area (Å²) in [5.74, 6) is -2.15. The van der Waals surface area contributed by atoms with Crippen LogP contribution in [0.4, 0.5) is 0 Å². The van der Waals surface area contributed by atoms with Crippen LogP contribution in [0.25, 0.3) is 10.9 Å². The van der Waals surface area contributed by atoms with Crippen LogP contribution in [-0.4, -0.2) is 40.0 Å². The molecule has 7 heteroatoms. The summed E-state index contributed by atoms with van der Waals surface area (Å²) in [6.45, 7) is 2.43. The molecule has 0 aliphatic heterocycles. The van der Waals surface area contributed by atoms with Crippen molar-refractivity contribution >= 4 is 28.7 Å². The molecule has 4 N–H and O–H groups in total. The lowest BCUT2D eigenvalue weighted by atomic mass is 10.1. The first-order valence-corrected chi connectivity index (χ1v) is 6.70. The van der Waals surface area contributed by atoms with Crippen molar-refractivity contribution in [2.75, 3.05) is 6.54 Å². The van der Waals surface area contributed by atoms with Gasteiger partial charge >= 0.3 is 5.97 Å². The predicted molar refractivity (Wildman–Crippen MR) is 80.5 cm³/mol. The Morgan fingerprint density at radius 2 is 1.91 bits per heavy atom. The van der Waals surface area contributed by atoms with Gasteiger partial charge in [-0.3, -0.25) is 9.59 Å². The quantitative estimate of drug-likeness (QED) is 0.657. The fraction of sp³-hybridized carbons (Fsp3) is 0.267. The Kier molecular flexibility index (Phi) is 4.16. The number of H-pyrrole nitrogens is 1. The van der Waals surface area contributed by atoms with Crippen LogP contribution in [0.15, 0.2) is 30.3 Å². The Balaban J connectivity index is 1.95. The van der Waals surface area contributed by atoms with E-state index in [1.807, 2.05) is 24.3 Å². The number of hydrogen-bond acceptors (Lipinski definition) is 3. The van der Waals surface area contributed by atoms with E-state index < -0.39 is 23.3 Å². The summed E-state index contributed by atoms with van der Waals surface area (Å²) in [6.07, 6.45) is 0. The van der Waals surface area contributed by atoms with Crippen LogP contribution in [0.5, 0.6) is 0 Å². The first kappa shape index (κ1) is 15.6. The standard InChI is InChI=1S/C15H17N3O4/c1-15(2,14(21)22)18-12(19)8-16-13(20)11-7-9-5-3-4-6-10(9)17-11/h3-7,17H,8H2,1-2H3,(H,16,20)(H,18,19)(H,21,22). The van der Waals surface area contributed by atoms with E-state index in [0.717, 1.165) is 10.9 Å². The number of aromatic nitrogens is 1. The molecule has 0 aliphatic carbocycles. The van der Waals surface area contributed by atoms with E-state index >= 15 is 0 Å². The molecule has 2 aromatic rings. The third-order valence-corrected chi connectivity index (χ3v) is 3.17. The van der Waals surface area contributed by atoms with E-state index in [1.54, 1.807) is 6.07 Å². The largest absolute Gasteiger partial charge is 0.480 e. The van der Waals surface area contributed by atoms with Crippen molar-refractivity contribution in [3.8, 4) is 0 Å². The number of para-hydroxylation sites is 1. The van der Waals surface area contributed by atoms with Crippen molar-refractivity contribution in [1.82, 2.24) is 15.6 Å². The van der Waals surface area contributed by atoms with Crippen LogP contribution in [0.1, 0.15) is 24.3 Å². The van der Waals surface area contributed by atoms with E-state index in [2.05, 4.69) is 15.6 Å². The Labute approximate surface area is 126 Å². The maximum atomic E-state index is 12.0. The van der Waals surface area contributed by atoms with Crippen LogP contribution >= 0.6 is 0 Å². The van der Waals surface area contributed by atoms with Crippen molar-refractivity contribution < 1.29 is 19.5 Å². The number of hydrogen-bond donors (Lipinski definition) is 4. The highest BCUT2D eigenvalue weighted by Gasteiger charge is 2.28. The third-order valence-electron chi connectivity index (χ3n) is 3.17. The maximum Gasteiger partial charge on any atom is 0.328 e. The van der Waals surface area contributed by atoms with Gasteiger partial charge in [0, 0.05) is 10.9 Å². The van der Waals surface area contributed by atoms with Crippen LogP contribution in [0, 0.1) is 0 Å². The number of aromatic amines is 1. The van der Waals surface area contributed by atoms with Gasteiger partial charge in [-0.25, -0.2) is 4.79 Å². The minimum atomic E-state index is -1.39. The van der Waals surface area contributed by atoms with E-state index in [1.165, 1.54) is 13.8 Å². The normalized spacial score (nSPS) is 11.2. The van der Waals surface area contributed by atoms with E-state index in [4.69, 9.17) is 5.11 Å². The number of fused-ring (bicyclic) bond motifs is 1. The lowest BCUT2D eigenvalue weighted by Gasteiger charge is -2.20. The van der Waals surface area contributed by atoms with Crippen molar-refractivity contribution in [3.05, 3.63) is 36.0 Å². The number of nitrogens with one attached hydrogen (secondary N) is 3. The molecule has 0 aliphatic rings. The lowest BCUT2D eigenvalue weighted by molar-refractivity contribution is -0.145. The Bertz CT molecular complexity index is 700. The van der Waals surface area contributed by atoms with E-state index in [0.29, 0.717) is 5.69 Å². The molecule has 7 nitrogen and oxygen atoms in total. The molecule has 1 aromatic heterocycles. The van der Waals surface area contributed by atoms with Gasteiger partial charge in [0.15, 0.2) is 0 Å². The summed E-state index contributed by atoms with van der Waals surface area (Å²) in [7, 11) is 0. The Morgan fingerprint density at radius 1 is 1.23 bits per heavy atom. The topological polar surface area (TPSA) is 111 Å². The zero-order valence-electron chi connectivity index (χ0n) is 12.3. The molecule has 0 atom stereocenters. The van der Waals surface area contributed by atoms with Crippen LogP contribution in [0.2, 0.25) is 0 Å². The van der Waals surface area contributed by atoms with Gasteiger partial charge in [0.05, 0.1) is 6.54 Å². The molecule has 0 saturated carbocycles. The highest BCUT2D eigenvalue weighted by molar-refractivity contribution is 5.99. The number of aliphatic carboxylic acids is 1. The number of rotatable bonds is 5. The molecule has 0 saturated heterocycles.